The van der Waals surface area contributed by atoms with Gasteiger partial charge in [0.2, 0.25) is 0 Å². The molecule has 110 valence electrons. The quantitative estimate of drug-likeness (QED) is 0.609. The van der Waals surface area contributed by atoms with Crippen LogP contribution in [0.25, 0.3) is 0 Å². The minimum atomic E-state index is -0.943. The molecule has 1 rings (SSSR count). The highest BCUT2D eigenvalue weighted by Crippen LogP contribution is 2.33. The lowest BCUT2D eigenvalue weighted by Gasteiger charge is -2.28. The van der Waals surface area contributed by atoms with Gasteiger partial charge in [-0.15, -0.1) is 0 Å². The first-order chi connectivity index (χ1) is 9.36. The molecule has 1 aromatic carbocycles. The van der Waals surface area contributed by atoms with Crippen molar-refractivity contribution in [1.29, 1.82) is 0 Å². The highest BCUT2D eigenvalue weighted by molar-refractivity contribution is 5.70. The zero-order chi connectivity index (χ0) is 15.3. The van der Waals surface area contributed by atoms with Crippen LogP contribution in [0, 0.1) is 10.1 Å². The van der Waals surface area contributed by atoms with Crippen molar-refractivity contribution in [3.63, 3.8) is 0 Å². The van der Waals surface area contributed by atoms with Crippen molar-refractivity contribution in [3.05, 3.63) is 28.3 Å². The fourth-order valence-corrected chi connectivity index (χ4v) is 1.89. The van der Waals surface area contributed by atoms with Crippen LogP contribution in [0.1, 0.15) is 20.3 Å². The molecule has 7 nitrogen and oxygen atoms in total. The molecule has 0 bridgehead atoms. The van der Waals surface area contributed by atoms with Crippen molar-refractivity contribution in [1.82, 2.24) is 0 Å². The molecule has 0 fully saturated rings. The molecule has 0 aromatic heterocycles. The molecule has 1 aromatic rings. The van der Waals surface area contributed by atoms with Gasteiger partial charge in [0.1, 0.15) is 11.4 Å². The van der Waals surface area contributed by atoms with E-state index in [0.717, 1.165) is 0 Å². The van der Waals surface area contributed by atoms with Gasteiger partial charge in [0.15, 0.2) is 0 Å². The Balaban J connectivity index is 3.21. The predicted octanol–water partition coefficient (Wildman–Crippen LogP) is 2.29. The Hall–Kier alpha value is -2.31. The standard InChI is InChI=1S/C13H18N2O5/c1-9(2)14(7-6-13(16)17)12-8-10(20-3)4-5-11(12)15(18)19/h4-5,8-9H,6-7H2,1-3H3,(H,16,17). The summed E-state index contributed by atoms with van der Waals surface area (Å²) in [5.74, 6) is -0.451. The van der Waals surface area contributed by atoms with E-state index in [1.807, 2.05) is 13.8 Å². The zero-order valence-electron chi connectivity index (χ0n) is 11.7. The Labute approximate surface area is 116 Å². The smallest absolute Gasteiger partial charge is 0.305 e. The number of hydrogen-bond acceptors (Lipinski definition) is 5. The van der Waals surface area contributed by atoms with E-state index < -0.39 is 10.9 Å². The number of methoxy groups -OCH3 is 1. The van der Waals surface area contributed by atoms with Crippen molar-refractivity contribution in [3.8, 4) is 5.75 Å². The van der Waals surface area contributed by atoms with Crippen LogP contribution >= 0.6 is 0 Å². The summed E-state index contributed by atoms with van der Waals surface area (Å²) < 4.78 is 5.08. The van der Waals surface area contributed by atoms with Gasteiger partial charge in [-0.3, -0.25) is 14.9 Å². The number of nitro benzene ring substituents is 1. The first-order valence-electron chi connectivity index (χ1n) is 6.17. The van der Waals surface area contributed by atoms with Crippen LogP contribution in [0.15, 0.2) is 18.2 Å². The number of aliphatic carboxylic acids is 1. The van der Waals surface area contributed by atoms with Gasteiger partial charge in [-0.1, -0.05) is 0 Å². The molecule has 0 unspecified atom stereocenters. The molecule has 0 aliphatic heterocycles. The van der Waals surface area contributed by atoms with Gasteiger partial charge in [0.05, 0.1) is 18.5 Å². The van der Waals surface area contributed by atoms with Crippen LogP contribution in [-0.2, 0) is 4.79 Å². The molecule has 0 saturated heterocycles. The number of nitro groups is 1. The molecular formula is C13H18N2O5. The van der Waals surface area contributed by atoms with Crippen molar-refractivity contribution >= 4 is 17.3 Å². The SMILES string of the molecule is COc1ccc([N+](=O)[O-])c(N(CCC(=O)O)C(C)C)c1. The molecule has 0 atom stereocenters. The topological polar surface area (TPSA) is 92.9 Å². The number of ether oxygens (including phenoxy) is 1. The lowest BCUT2D eigenvalue weighted by atomic mass is 10.2. The van der Waals surface area contributed by atoms with Crippen LogP contribution in [-0.4, -0.2) is 35.7 Å². The summed E-state index contributed by atoms with van der Waals surface area (Å²) in [4.78, 5) is 23.0. The molecule has 0 saturated carbocycles. The summed E-state index contributed by atoms with van der Waals surface area (Å²) in [6.07, 6.45) is -0.0907. The Morgan fingerprint density at radius 3 is 2.60 bits per heavy atom. The maximum absolute atomic E-state index is 11.1. The molecule has 20 heavy (non-hydrogen) atoms. The zero-order valence-corrected chi connectivity index (χ0v) is 11.7. The minimum absolute atomic E-state index is 0.0649. The van der Waals surface area contributed by atoms with Crippen LogP contribution in [0.2, 0.25) is 0 Å². The molecule has 0 amide bonds. The van der Waals surface area contributed by atoms with E-state index in [4.69, 9.17) is 9.84 Å². The summed E-state index contributed by atoms with van der Waals surface area (Å²) in [7, 11) is 1.47. The van der Waals surface area contributed by atoms with Crippen molar-refractivity contribution in [2.75, 3.05) is 18.6 Å². The van der Waals surface area contributed by atoms with Crippen LogP contribution in [0.4, 0.5) is 11.4 Å². The van der Waals surface area contributed by atoms with Crippen LogP contribution < -0.4 is 9.64 Å². The van der Waals surface area contributed by atoms with Gasteiger partial charge >= 0.3 is 5.97 Å². The van der Waals surface area contributed by atoms with E-state index in [0.29, 0.717) is 11.4 Å². The largest absolute Gasteiger partial charge is 0.497 e. The van der Waals surface area contributed by atoms with Gasteiger partial charge in [-0.25, -0.2) is 0 Å². The molecule has 0 radical (unpaired) electrons. The lowest BCUT2D eigenvalue weighted by molar-refractivity contribution is -0.384. The van der Waals surface area contributed by atoms with Crippen molar-refractivity contribution < 1.29 is 19.6 Å². The third-order valence-corrected chi connectivity index (χ3v) is 2.88. The fraction of sp³-hybridized carbons (Fsp3) is 0.462. The van der Waals surface area contributed by atoms with Gasteiger partial charge in [-0.05, 0) is 19.9 Å². The number of anilines is 1. The van der Waals surface area contributed by atoms with E-state index >= 15 is 0 Å². The number of nitrogens with zero attached hydrogens (tertiary/aromatic N) is 2. The molecule has 0 aliphatic carbocycles. The summed E-state index contributed by atoms with van der Waals surface area (Å²) in [6, 6.07) is 4.36. The van der Waals surface area contributed by atoms with Gasteiger partial charge in [-0.2, -0.15) is 0 Å². The van der Waals surface area contributed by atoms with E-state index in [1.165, 1.54) is 19.2 Å². The van der Waals surface area contributed by atoms with E-state index in [-0.39, 0.29) is 24.7 Å². The molecule has 7 heteroatoms. The first kappa shape index (κ1) is 15.7. The maximum Gasteiger partial charge on any atom is 0.305 e. The third kappa shape index (κ3) is 3.84. The van der Waals surface area contributed by atoms with E-state index in [1.54, 1.807) is 11.0 Å². The van der Waals surface area contributed by atoms with E-state index in [2.05, 4.69) is 0 Å². The lowest BCUT2D eigenvalue weighted by Crippen LogP contribution is -2.33. The second kappa shape index (κ2) is 6.74. The number of hydrogen-bond donors (Lipinski definition) is 1. The number of carboxylic acid groups (broad SMARTS) is 1. The highest BCUT2D eigenvalue weighted by Gasteiger charge is 2.22. The summed E-state index contributed by atoms with van der Waals surface area (Å²) in [5, 5.41) is 19.9. The van der Waals surface area contributed by atoms with Crippen LogP contribution in [0.5, 0.6) is 5.75 Å². The summed E-state index contributed by atoms with van der Waals surface area (Å²) in [5.41, 5.74) is 0.301. The van der Waals surface area contributed by atoms with Crippen LogP contribution in [0.3, 0.4) is 0 Å². The fourth-order valence-electron chi connectivity index (χ4n) is 1.89. The average molecular weight is 282 g/mol. The Morgan fingerprint density at radius 1 is 1.50 bits per heavy atom. The maximum atomic E-state index is 11.1. The molecule has 0 spiro atoms. The first-order valence-corrected chi connectivity index (χ1v) is 6.17. The van der Waals surface area contributed by atoms with Gasteiger partial charge in [0, 0.05) is 24.7 Å². The van der Waals surface area contributed by atoms with Crippen molar-refractivity contribution in [2.24, 2.45) is 0 Å². The summed E-state index contributed by atoms with van der Waals surface area (Å²) >= 11 is 0. The number of benzene rings is 1. The number of carbonyl (C=O) groups is 1. The molecular weight excluding hydrogens is 264 g/mol. The normalized spacial score (nSPS) is 10.4. The third-order valence-electron chi connectivity index (χ3n) is 2.88. The van der Waals surface area contributed by atoms with Gasteiger partial charge in [0.25, 0.3) is 5.69 Å². The second-order valence-electron chi connectivity index (χ2n) is 4.54. The number of carboxylic acids is 1. The van der Waals surface area contributed by atoms with Gasteiger partial charge < -0.3 is 14.7 Å². The minimum Gasteiger partial charge on any atom is -0.497 e. The Bertz CT molecular complexity index is 502. The van der Waals surface area contributed by atoms with E-state index in [9.17, 15) is 14.9 Å². The molecule has 0 aliphatic rings. The predicted molar refractivity (Wildman–Crippen MR) is 74.4 cm³/mol. The molecule has 0 heterocycles. The highest BCUT2D eigenvalue weighted by atomic mass is 16.6. The monoisotopic (exact) mass is 282 g/mol. The average Bonchev–Trinajstić information content (AvgIpc) is 2.37. The second-order valence-corrected chi connectivity index (χ2v) is 4.54. The Morgan fingerprint density at radius 2 is 2.15 bits per heavy atom. The van der Waals surface area contributed by atoms with Crippen molar-refractivity contribution in [2.45, 2.75) is 26.3 Å². The summed E-state index contributed by atoms with van der Waals surface area (Å²) in [6.45, 7) is 3.90. The number of rotatable bonds is 7. The molecule has 1 N–H and O–H groups in total. The Kier molecular flexibility index (Phi) is 5.31.